The molecule has 0 spiro atoms. The van der Waals surface area contributed by atoms with Gasteiger partial charge in [0.05, 0.1) is 24.9 Å². The summed E-state index contributed by atoms with van der Waals surface area (Å²) in [5.74, 6) is 0.733. The van der Waals surface area contributed by atoms with Gasteiger partial charge in [-0.15, -0.1) is 0 Å². The highest BCUT2D eigenvalue weighted by atomic mass is 35.5. The number of halogens is 2. The Morgan fingerprint density at radius 3 is 2.50 bits per heavy atom. The van der Waals surface area contributed by atoms with Gasteiger partial charge in [0.1, 0.15) is 22.3 Å². The third-order valence-corrected chi connectivity index (χ3v) is 3.32. The van der Waals surface area contributed by atoms with Gasteiger partial charge in [0.15, 0.2) is 0 Å². The minimum atomic E-state index is -0.384. The zero-order valence-corrected chi connectivity index (χ0v) is 12.3. The summed E-state index contributed by atoms with van der Waals surface area (Å²) in [4.78, 5) is 14.8. The van der Waals surface area contributed by atoms with Crippen LogP contribution in [0.3, 0.4) is 0 Å². The Kier molecular flexibility index (Phi) is 4.42. The van der Waals surface area contributed by atoms with Gasteiger partial charge in [-0.2, -0.15) is 0 Å². The maximum atomic E-state index is 12.1. The van der Waals surface area contributed by atoms with E-state index in [1.807, 2.05) is 0 Å². The van der Waals surface area contributed by atoms with E-state index in [9.17, 15) is 4.79 Å². The number of methoxy groups -OCH3 is 2. The predicted octanol–water partition coefficient (Wildman–Crippen LogP) is 3.59. The lowest BCUT2D eigenvalue weighted by molar-refractivity contribution is 0.102. The first kappa shape index (κ1) is 14.6. The van der Waals surface area contributed by atoms with Crippen molar-refractivity contribution in [2.45, 2.75) is 0 Å². The quantitative estimate of drug-likeness (QED) is 0.906. The van der Waals surface area contributed by atoms with E-state index in [1.165, 1.54) is 20.3 Å². The van der Waals surface area contributed by atoms with Gasteiger partial charge in [-0.05, 0) is 18.2 Å². The van der Waals surface area contributed by atoms with Crippen molar-refractivity contribution in [2.24, 2.45) is 0 Å². The third kappa shape index (κ3) is 3.00. The largest absolute Gasteiger partial charge is 0.497 e. The maximum Gasteiger partial charge on any atom is 0.272 e. The van der Waals surface area contributed by atoms with Crippen molar-refractivity contribution in [3.63, 3.8) is 0 Å². The number of aromatic amines is 1. The second-order valence-corrected chi connectivity index (χ2v) is 4.65. The van der Waals surface area contributed by atoms with Gasteiger partial charge in [0, 0.05) is 6.07 Å². The molecule has 0 aliphatic heterocycles. The molecule has 0 saturated heterocycles. The van der Waals surface area contributed by atoms with E-state index in [2.05, 4.69) is 10.3 Å². The summed E-state index contributed by atoms with van der Waals surface area (Å²) in [6.45, 7) is 0. The van der Waals surface area contributed by atoms with Crippen LogP contribution in [0.2, 0.25) is 10.2 Å². The van der Waals surface area contributed by atoms with Crippen molar-refractivity contribution in [3.05, 3.63) is 40.1 Å². The number of hydrogen-bond donors (Lipinski definition) is 2. The van der Waals surface area contributed by atoms with E-state index < -0.39 is 0 Å². The summed E-state index contributed by atoms with van der Waals surface area (Å²) in [5, 5.41) is 3.20. The van der Waals surface area contributed by atoms with Crippen LogP contribution in [0.5, 0.6) is 11.5 Å². The molecule has 0 aliphatic rings. The van der Waals surface area contributed by atoms with Crippen molar-refractivity contribution in [3.8, 4) is 11.5 Å². The number of carbonyl (C=O) groups is 1. The van der Waals surface area contributed by atoms with E-state index in [4.69, 9.17) is 32.7 Å². The topological polar surface area (TPSA) is 63.4 Å². The first-order valence-electron chi connectivity index (χ1n) is 5.62. The molecule has 1 aromatic carbocycles. The van der Waals surface area contributed by atoms with Crippen LogP contribution in [0.4, 0.5) is 5.69 Å². The summed E-state index contributed by atoms with van der Waals surface area (Å²) in [5.41, 5.74) is 0.739. The van der Waals surface area contributed by atoms with Crippen LogP contribution in [-0.2, 0) is 0 Å². The summed E-state index contributed by atoms with van der Waals surface area (Å²) >= 11 is 11.6. The average molecular weight is 315 g/mol. The van der Waals surface area contributed by atoms with Crippen molar-refractivity contribution in [1.82, 2.24) is 4.98 Å². The molecule has 2 rings (SSSR count). The lowest BCUT2D eigenvalue weighted by Crippen LogP contribution is -2.13. The molecule has 0 radical (unpaired) electrons. The first-order chi connectivity index (χ1) is 9.55. The number of amides is 1. The number of aromatic nitrogens is 1. The molecule has 5 nitrogen and oxygen atoms in total. The Morgan fingerprint density at radius 2 is 1.95 bits per heavy atom. The molecular weight excluding hydrogens is 303 g/mol. The highest BCUT2D eigenvalue weighted by Gasteiger charge is 2.14. The Bertz CT molecular complexity index is 621. The summed E-state index contributed by atoms with van der Waals surface area (Å²) in [7, 11) is 3.05. The highest BCUT2D eigenvalue weighted by molar-refractivity contribution is 6.41. The van der Waals surface area contributed by atoms with Gasteiger partial charge in [-0.25, -0.2) is 0 Å². The normalized spacial score (nSPS) is 10.2. The van der Waals surface area contributed by atoms with Crippen LogP contribution in [0.25, 0.3) is 0 Å². The van der Waals surface area contributed by atoms with E-state index in [-0.39, 0.29) is 21.8 Å². The fourth-order valence-corrected chi connectivity index (χ4v) is 1.94. The molecule has 7 heteroatoms. The van der Waals surface area contributed by atoms with Crippen LogP contribution in [-0.4, -0.2) is 25.1 Å². The first-order valence-corrected chi connectivity index (χ1v) is 6.38. The second kappa shape index (κ2) is 6.07. The molecule has 1 aromatic heterocycles. The summed E-state index contributed by atoms with van der Waals surface area (Å²) in [6, 6.07) is 6.54. The number of H-pyrrole nitrogens is 1. The molecule has 0 aliphatic carbocycles. The number of nitrogens with one attached hydrogen (secondary N) is 2. The minimum Gasteiger partial charge on any atom is -0.497 e. The van der Waals surface area contributed by atoms with Crippen molar-refractivity contribution in [2.75, 3.05) is 19.5 Å². The van der Waals surface area contributed by atoms with Gasteiger partial charge in [-0.1, -0.05) is 23.2 Å². The third-order valence-electron chi connectivity index (χ3n) is 2.62. The average Bonchev–Trinajstić information content (AvgIpc) is 2.78. The van der Waals surface area contributed by atoms with Crippen LogP contribution < -0.4 is 14.8 Å². The number of anilines is 1. The molecule has 0 fully saturated rings. The maximum absolute atomic E-state index is 12.1. The number of carbonyl (C=O) groups excluding carboxylic acids is 1. The molecule has 1 amide bonds. The molecular formula is C13H12Cl2N2O3. The predicted molar refractivity (Wildman–Crippen MR) is 78.3 cm³/mol. The van der Waals surface area contributed by atoms with Gasteiger partial charge in [0.2, 0.25) is 0 Å². The Morgan fingerprint density at radius 1 is 1.20 bits per heavy atom. The lowest BCUT2D eigenvalue weighted by atomic mass is 10.2. The molecule has 1 heterocycles. The molecule has 20 heavy (non-hydrogen) atoms. The minimum absolute atomic E-state index is 0.217. The van der Waals surface area contributed by atoms with Gasteiger partial charge in [0.25, 0.3) is 5.91 Å². The van der Waals surface area contributed by atoms with Crippen molar-refractivity contribution < 1.29 is 14.3 Å². The molecule has 0 unspecified atom stereocenters. The smallest absolute Gasteiger partial charge is 0.272 e. The SMILES string of the molecule is COc1ccc(OC)c(NC(=O)c2cc(Cl)c(Cl)[nH]2)c1. The Balaban J connectivity index is 2.26. The molecule has 0 saturated carbocycles. The standard InChI is InChI=1S/C13H12Cl2N2O3/c1-19-7-3-4-11(20-2)9(5-7)17-13(18)10-6-8(14)12(15)16-10/h3-6,16H,1-2H3,(H,17,18). The highest BCUT2D eigenvalue weighted by Crippen LogP contribution is 2.30. The molecule has 106 valence electrons. The lowest BCUT2D eigenvalue weighted by Gasteiger charge is -2.11. The molecule has 0 atom stereocenters. The number of benzene rings is 1. The zero-order chi connectivity index (χ0) is 14.7. The Labute approximate surface area is 125 Å². The summed E-state index contributed by atoms with van der Waals surface area (Å²) in [6.07, 6.45) is 0. The fourth-order valence-electron chi connectivity index (χ4n) is 1.63. The van der Waals surface area contributed by atoms with Gasteiger partial charge < -0.3 is 19.8 Å². The van der Waals surface area contributed by atoms with Gasteiger partial charge in [-0.3, -0.25) is 4.79 Å². The molecule has 2 N–H and O–H groups in total. The van der Waals surface area contributed by atoms with Crippen molar-refractivity contribution in [1.29, 1.82) is 0 Å². The Hall–Kier alpha value is -1.85. The molecule has 0 bridgehead atoms. The van der Waals surface area contributed by atoms with Crippen LogP contribution in [0, 0.1) is 0 Å². The fraction of sp³-hybridized carbons (Fsp3) is 0.154. The van der Waals surface area contributed by atoms with E-state index >= 15 is 0 Å². The number of ether oxygens (including phenoxy) is 2. The van der Waals surface area contributed by atoms with Crippen LogP contribution >= 0.6 is 23.2 Å². The molecule has 2 aromatic rings. The summed E-state index contributed by atoms with van der Waals surface area (Å²) < 4.78 is 10.3. The van der Waals surface area contributed by atoms with E-state index in [0.29, 0.717) is 17.2 Å². The van der Waals surface area contributed by atoms with E-state index in [0.717, 1.165) is 0 Å². The van der Waals surface area contributed by atoms with Crippen LogP contribution in [0.15, 0.2) is 24.3 Å². The monoisotopic (exact) mass is 314 g/mol. The zero-order valence-electron chi connectivity index (χ0n) is 10.8. The van der Waals surface area contributed by atoms with Crippen molar-refractivity contribution >= 4 is 34.8 Å². The number of rotatable bonds is 4. The second-order valence-electron chi connectivity index (χ2n) is 3.87. The van der Waals surface area contributed by atoms with Gasteiger partial charge >= 0.3 is 0 Å². The number of hydrogen-bond acceptors (Lipinski definition) is 3. The van der Waals surface area contributed by atoms with Crippen LogP contribution in [0.1, 0.15) is 10.5 Å². The van der Waals surface area contributed by atoms with E-state index in [1.54, 1.807) is 18.2 Å².